The number of rotatable bonds is 7. The fourth-order valence-corrected chi connectivity index (χ4v) is 6.28. The number of aromatic nitrogens is 4. The van der Waals surface area contributed by atoms with Crippen molar-refractivity contribution < 1.29 is 23.4 Å². The fraction of sp³-hybridized carbons (Fsp3) is 0.323. The zero-order chi connectivity index (χ0) is 29.1. The topological polar surface area (TPSA) is 85.4 Å². The molecule has 8 nitrogen and oxygen atoms in total. The molecule has 0 amide bonds. The highest BCUT2D eigenvalue weighted by Gasteiger charge is 2.31. The molecule has 42 heavy (non-hydrogen) atoms. The molecule has 2 aliphatic rings. The van der Waals surface area contributed by atoms with Crippen molar-refractivity contribution in [3.05, 3.63) is 93.5 Å². The van der Waals surface area contributed by atoms with Gasteiger partial charge in [-0.25, -0.2) is 23.5 Å². The molecule has 0 spiro atoms. The van der Waals surface area contributed by atoms with Gasteiger partial charge >= 0.3 is 5.97 Å². The van der Waals surface area contributed by atoms with E-state index < -0.39 is 11.8 Å². The van der Waals surface area contributed by atoms with E-state index in [-0.39, 0.29) is 29.0 Å². The molecule has 0 bridgehead atoms. The molecule has 1 N–H and O–H groups in total. The number of hydrogen-bond donors (Lipinski definition) is 1. The normalized spacial score (nSPS) is 18.9. The number of para-hydroxylation sites is 1. The van der Waals surface area contributed by atoms with Crippen molar-refractivity contribution in [1.29, 1.82) is 0 Å². The van der Waals surface area contributed by atoms with Crippen LogP contribution in [0.25, 0.3) is 22.1 Å². The molecular formula is C31H28ClF2N5O3. The van der Waals surface area contributed by atoms with Gasteiger partial charge in [0.1, 0.15) is 23.0 Å². The number of ether oxygens (including phenoxy) is 1. The van der Waals surface area contributed by atoms with E-state index in [0.29, 0.717) is 61.1 Å². The lowest BCUT2D eigenvalue weighted by molar-refractivity contribution is -0.0593. The van der Waals surface area contributed by atoms with E-state index in [0.717, 1.165) is 28.8 Å². The van der Waals surface area contributed by atoms with E-state index in [1.54, 1.807) is 22.8 Å². The molecule has 4 heterocycles. The fourth-order valence-electron chi connectivity index (χ4n) is 6.12. The lowest BCUT2D eigenvalue weighted by atomic mass is 10.0. The third kappa shape index (κ3) is 4.54. The van der Waals surface area contributed by atoms with Crippen LogP contribution in [0.4, 0.5) is 8.78 Å². The van der Waals surface area contributed by atoms with Crippen LogP contribution in [0.15, 0.2) is 48.5 Å². The third-order valence-corrected chi connectivity index (χ3v) is 8.74. The first kappa shape index (κ1) is 27.0. The van der Waals surface area contributed by atoms with Crippen LogP contribution < -0.4 is 0 Å². The van der Waals surface area contributed by atoms with Gasteiger partial charge in [-0.3, -0.25) is 4.90 Å². The van der Waals surface area contributed by atoms with Crippen LogP contribution in [0.1, 0.15) is 52.5 Å². The summed E-state index contributed by atoms with van der Waals surface area (Å²) in [7, 11) is 0. The molecule has 0 saturated carbocycles. The molecule has 11 heteroatoms. The summed E-state index contributed by atoms with van der Waals surface area (Å²) in [4.78, 5) is 23.7. The highest BCUT2D eigenvalue weighted by Crippen LogP contribution is 2.33. The van der Waals surface area contributed by atoms with Crippen LogP contribution >= 0.6 is 11.6 Å². The quantitative estimate of drug-likeness (QED) is 0.251. The van der Waals surface area contributed by atoms with Gasteiger partial charge in [-0.2, -0.15) is 0 Å². The van der Waals surface area contributed by atoms with E-state index in [2.05, 4.69) is 16.4 Å². The predicted molar refractivity (Wildman–Crippen MR) is 154 cm³/mol. The lowest BCUT2D eigenvalue weighted by Crippen LogP contribution is -2.38. The number of carboxylic acids is 1. The van der Waals surface area contributed by atoms with Crippen molar-refractivity contribution in [2.45, 2.75) is 51.5 Å². The van der Waals surface area contributed by atoms with Gasteiger partial charge in [-0.1, -0.05) is 29.8 Å². The Bertz CT molecular complexity index is 1870. The molecule has 2 atom stereocenters. The number of imidazole rings is 2. The van der Waals surface area contributed by atoms with E-state index >= 15 is 4.39 Å². The maximum Gasteiger partial charge on any atom is 0.338 e. The van der Waals surface area contributed by atoms with Crippen LogP contribution in [0.3, 0.4) is 0 Å². The molecule has 7 rings (SSSR count). The predicted octanol–water partition coefficient (Wildman–Crippen LogP) is 5.97. The third-order valence-electron chi connectivity index (χ3n) is 8.50. The Balaban J connectivity index is 1.22. The van der Waals surface area contributed by atoms with Crippen molar-refractivity contribution >= 4 is 39.6 Å². The number of halogens is 3. The van der Waals surface area contributed by atoms with E-state index in [1.807, 2.05) is 18.2 Å². The second-order valence-corrected chi connectivity index (χ2v) is 11.4. The number of aromatic carboxylic acids is 1. The molecule has 2 aliphatic heterocycles. The second kappa shape index (κ2) is 10.4. The van der Waals surface area contributed by atoms with Crippen molar-refractivity contribution in [3.63, 3.8) is 0 Å². The second-order valence-electron chi connectivity index (χ2n) is 11.0. The minimum absolute atomic E-state index is 0.0686. The average Bonchev–Trinajstić information content (AvgIpc) is 3.49. The Kier molecular flexibility index (Phi) is 6.72. The van der Waals surface area contributed by atoms with Crippen LogP contribution in [0, 0.1) is 11.6 Å². The molecule has 0 unspecified atom stereocenters. The first-order chi connectivity index (χ1) is 20.3. The van der Waals surface area contributed by atoms with Crippen LogP contribution in [0.2, 0.25) is 5.02 Å². The first-order valence-electron chi connectivity index (χ1n) is 14.0. The highest BCUT2D eigenvalue weighted by molar-refractivity contribution is 6.30. The van der Waals surface area contributed by atoms with Gasteiger partial charge in [0.05, 0.1) is 47.3 Å². The Hall–Kier alpha value is -3.86. The molecule has 0 aliphatic carbocycles. The maximum atomic E-state index is 15.4. The molecule has 5 aromatic rings. The standard InChI is InChI=1S/C31H28ClF2N5O3/c1-17-30-36-28-19(13-18-5-6-20(32)14-23(18)33)3-2-4-25(28)38(30)11-10-37(17)16-26-35-24-8-7-22(31(40)41)27(34)29(24)39(26)15-21-9-12-42-21/h2-8,14,17,21H,9-13,15-16H2,1H3,(H,40,41)/t17-,21-/m0/s1. The van der Waals surface area contributed by atoms with Crippen LogP contribution in [0.5, 0.6) is 0 Å². The Labute approximate surface area is 245 Å². The van der Waals surface area contributed by atoms with Crippen molar-refractivity contribution in [3.8, 4) is 0 Å². The minimum atomic E-state index is -1.31. The molecule has 0 radical (unpaired) electrons. The molecule has 1 saturated heterocycles. The van der Waals surface area contributed by atoms with Gasteiger partial charge in [0.15, 0.2) is 5.82 Å². The summed E-state index contributed by atoms with van der Waals surface area (Å²) in [5.41, 5.74) is 3.56. The highest BCUT2D eigenvalue weighted by atomic mass is 35.5. The smallest absolute Gasteiger partial charge is 0.338 e. The average molecular weight is 592 g/mol. The van der Waals surface area contributed by atoms with Crippen molar-refractivity contribution in [1.82, 2.24) is 24.0 Å². The molecule has 2 aromatic heterocycles. The van der Waals surface area contributed by atoms with Gasteiger partial charge in [0, 0.05) is 31.1 Å². The zero-order valence-electron chi connectivity index (χ0n) is 22.9. The zero-order valence-corrected chi connectivity index (χ0v) is 23.6. The van der Waals surface area contributed by atoms with E-state index in [9.17, 15) is 14.3 Å². The van der Waals surface area contributed by atoms with Crippen LogP contribution in [-0.4, -0.2) is 54.3 Å². The summed E-state index contributed by atoms with van der Waals surface area (Å²) in [6.45, 7) is 4.97. The van der Waals surface area contributed by atoms with Crippen molar-refractivity contribution in [2.75, 3.05) is 13.2 Å². The van der Waals surface area contributed by atoms with Gasteiger partial charge in [-0.05, 0) is 54.8 Å². The van der Waals surface area contributed by atoms with Gasteiger partial charge in [-0.15, -0.1) is 0 Å². The summed E-state index contributed by atoms with van der Waals surface area (Å²) >= 11 is 5.95. The Morgan fingerprint density at radius 2 is 1.95 bits per heavy atom. The minimum Gasteiger partial charge on any atom is -0.478 e. The molecule has 3 aromatic carbocycles. The summed E-state index contributed by atoms with van der Waals surface area (Å²) in [6.07, 6.45) is 1.18. The number of fused-ring (bicyclic) bond motifs is 4. The van der Waals surface area contributed by atoms with E-state index in [1.165, 1.54) is 12.1 Å². The largest absolute Gasteiger partial charge is 0.478 e. The first-order valence-corrected chi connectivity index (χ1v) is 14.3. The summed E-state index contributed by atoms with van der Waals surface area (Å²) in [5, 5.41) is 9.86. The van der Waals surface area contributed by atoms with Gasteiger partial charge in [0.2, 0.25) is 0 Å². The summed E-state index contributed by atoms with van der Waals surface area (Å²) in [5.74, 6) is -0.895. The molecule has 1 fully saturated rings. The summed E-state index contributed by atoms with van der Waals surface area (Å²) < 4.78 is 39.7. The number of carboxylic acid groups (broad SMARTS) is 1. The van der Waals surface area contributed by atoms with Gasteiger partial charge in [0.25, 0.3) is 0 Å². The van der Waals surface area contributed by atoms with Gasteiger partial charge < -0.3 is 19.0 Å². The van der Waals surface area contributed by atoms with Crippen molar-refractivity contribution in [2.24, 2.45) is 0 Å². The SMILES string of the molecule is C[C@H]1c2nc3c(Cc4ccc(Cl)cc4F)cccc3n2CCN1Cc1nc2ccc(C(=O)O)c(F)c2n1C[C@@H]1CCO1. The number of nitrogens with zero attached hydrogens (tertiary/aromatic N) is 5. The maximum absolute atomic E-state index is 15.4. The monoisotopic (exact) mass is 591 g/mol. The van der Waals surface area contributed by atoms with Crippen LogP contribution in [-0.2, 0) is 30.8 Å². The number of carbonyl (C=O) groups is 1. The Morgan fingerprint density at radius 1 is 1.12 bits per heavy atom. The molecule has 216 valence electrons. The lowest BCUT2D eigenvalue weighted by Gasteiger charge is -2.34. The number of benzene rings is 3. The molecular weight excluding hydrogens is 564 g/mol. The number of hydrogen-bond acceptors (Lipinski definition) is 5. The van der Waals surface area contributed by atoms with E-state index in [4.69, 9.17) is 26.3 Å². The summed E-state index contributed by atoms with van der Waals surface area (Å²) in [6, 6.07) is 13.5. The Morgan fingerprint density at radius 3 is 2.69 bits per heavy atom.